The maximum absolute atomic E-state index is 13.0. The van der Waals surface area contributed by atoms with E-state index >= 15 is 0 Å². The molecule has 2 nitrogen and oxygen atoms in total. The lowest BCUT2D eigenvalue weighted by atomic mass is 9.87. The van der Waals surface area contributed by atoms with Gasteiger partial charge in [0, 0.05) is 10.3 Å². The average Bonchev–Trinajstić information content (AvgIpc) is 3.28. The molecule has 35 heavy (non-hydrogen) atoms. The Labute approximate surface area is 207 Å². The number of fused-ring (bicyclic) bond motifs is 1. The van der Waals surface area contributed by atoms with E-state index in [2.05, 4.69) is 35.0 Å². The summed E-state index contributed by atoms with van der Waals surface area (Å²) in [6.45, 7) is 7.87. The molecule has 0 aliphatic heterocycles. The molecular weight excluding hydrogens is 465 g/mol. The molecule has 4 aromatic rings. The van der Waals surface area contributed by atoms with E-state index in [1.165, 1.54) is 6.07 Å². The highest BCUT2D eigenvalue weighted by atomic mass is 32.2. The van der Waals surface area contributed by atoms with Crippen LogP contribution >= 0.6 is 11.8 Å². The third-order valence-electron chi connectivity index (χ3n) is 5.56. The van der Waals surface area contributed by atoms with Crippen LogP contribution in [0.1, 0.15) is 42.5 Å². The lowest BCUT2D eigenvalue weighted by Gasteiger charge is -2.17. The van der Waals surface area contributed by atoms with Gasteiger partial charge < -0.3 is 0 Å². The molecule has 0 bridgehead atoms. The predicted octanol–water partition coefficient (Wildman–Crippen LogP) is 9.13. The number of alkyl halides is 3. The average molecular weight is 491 g/mol. The lowest BCUT2D eigenvalue weighted by molar-refractivity contribution is -0.0328. The first-order chi connectivity index (χ1) is 16.7. The van der Waals surface area contributed by atoms with Gasteiger partial charge in [0.1, 0.15) is 0 Å². The highest BCUT2D eigenvalue weighted by Gasteiger charge is 2.29. The maximum Gasteiger partial charge on any atom is 0.446 e. The van der Waals surface area contributed by atoms with Crippen LogP contribution < -0.4 is 0 Å². The molecule has 0 spiro atoms. The van der Waals surface area contributed by atoms with E-state index in [0.717, 1.165) is 49.9 Å². The molecule has 6 heteroatoms. The molecule has 1 heterocycles. The van der Waals surface area contributed by atoms with Crippen molar-refractivity contribution in [2.75, 3.05) is 0 Å². The van der Waals surface area contributed by atoms with Crippen molar-refractivity contribution < 1.29 is 13.2 Å². The van der Waals surface area contributed by atoms with Crippen LogP contribution in [-0.4, -0.2) is 15.7 Å². The van der Waals surface area contributed by atoms with Crippen molar-refractivity contribution in [1.82, 2.24) is 10.2 Å². The fraction of sp³-hybridized carbons (Fsp3) is 0.138. The summed E-state index contributed by atoms with van der Waals surface area (Å²) in [7, 11) is 0. The highest BCUT2D eigenvalue weighted by molar-refractivity contribution is 8.00. The van der Waals surface area contributed by atoms with Crippen LogP contribution in [0.3, 0.4) is 0 Å². The fourth-order valence-corrected chi connectivity index (χ4v) is 4.62. The minimum atomic E-state index is -4.34. The smallest absolute Gasteiger partial charge is 0.278 e. The summed E-state index contributed by atoms with van der Waals surface area (Å²) in [6.07, 6.45) is 6.38. The van der Waals surface area contributed by atoms with Gasteiger partial charge in [-0.2, -0.15) is 18.3 Å². The molecule has 4 rings (SSSR count). The van der Waals surface area contributed by atoms with Gasteiger partial charge in [-0.05, 0) is 82.8 Å². The molecule has 1 N–H and O–H groups in total. The summed E-state index contributed by atoms with van der Waals surface area (Å²) in [5, 5.41) is 8.06. The van der Waals surface area contributed by atoms with Crippen LogP contribution in [0.15, 0.2) is 96.1 Å². The number of aromatic amines is 1. The van der Waals surface area contributed by atoms with E-state index in [9.17, 15) is 13.2 Å². The Bertz CT molecular complexity index is 1410. The molecular formula is C29H25F3N2S. The van der Waals surface area contributed by atoms with Crippen LogP contribution in [0.5, 0.6) is 0 Å². The Morgan fingerprint density at radius 1 is 1.00 bits per heavy atom. The second kappa shape index (κ2) is 10.4. The van der Waals surface area contributed by atoms with Gasteiger partial charge in [0.15, 0.2) is 0 Å². The van der Waals surface area contributed by atoms with Crippen molar-refractivity contribution in [3.63, 3.8) is 0 Å². The Kier molecular flexibility index (Phi) is 7.31. The minimum absolute atomic E-state index is 0.0908. The number of rotatable bonds is 7. The predicted molar refractivity (Wildman–Crippen MR) is 141 cm³/mol. The third kappa shape index (κ3) is 6.14. The normalized spacial score (nSPS) is 12.8. The van der Waals surface area contributed by atoms with Crippen molar-refractivity contribution in [1.29, 1.82) is 0 Å². The molecule has 0 amide bonds. The Hall–Kier alpha value is -3.51. The van der Waals surface area contributed by atoms with E-state index in [4.69, 9.17) is 0 Å². The van der Waals surface area contributed by atoms with Gasteiger partial charge in [-0.25, -0.2) is 0 Å². The SMILES string of the molecule is C=C(C)/C=C/c1ccc(/C(=C(/CC)c2cccc(SC(F)(F)F)c2)c2ccc3[nH]ncc3c2)cc1. The van der Waals surface area contributed by atoms with E-state index < -0.39 is 5.51 Å². The van der Waals surface area contributed by atoms with Crippen LogP contribution in [0.25, 0.3) is 28.1 Å². The highest BCUT2D eigenvalue weighted by Crippen LogP contribution is 2.40. The quantitative estimate of drug-likeness (QED) is 0.159. The van der Waals surface area contributed by atoms with Crippen LogP contribution in [0.4, 0.5) is 13.2 Å². The second-order valence-electron chi connectivity index (χ2n) is 8.26. The Morgan fingerprint density at radius 2 is 1.74 bits per heavy atom. The van der Waals surface area contributed by atoms with E-state index in [-0.39, 0.29) is 16.7 Å². The van der Waals surface area contributed by atoms with Gasteiger partial charge in [0.05, 0.1) is 11.7 Å². The number of aromatic nitrogens is 2. The zero-order valence-corrected chi connectivity index (χ0v) is 20.3. The molecule has 0 atom stereocenters. The maximum atomic E-state index is 13.0. The van der Waals surface area contributed by atoms with Gasteiger partial charge in [-0.15, -0.1) is 0 Å². The molecule has 0 radical (unpaired) electrons. The van der Waals surface area contributed by atoms with Crippen LogP contribution in [-0.2, 0) is 0 Å². The second-order valence-corrected chi connectivity index (χ2v) is 9.39. The zero-order valence-electron chi connectivity index (χ0n) is 19.5. The standard InChI is InChI=1S/C29H25F3N2S/c1-4-26(22-6-5-7-25(17-22)35-29(30,31)32)28(23-14-15-27-24(16-23)18-33-34-27)21-12-10-20(11-13-21)9-8-19(2)3/h5-18H,2,4H2,1,3H3,(H,33,34)/b9-8+,28-26+. The fourth-order valence-electron chi connectivity index (χ4n) is 4.02. The molecule has 0 unspecified atom stereocenters. The summed E-state index contributed by atoms with van der Waals surface area (Å²) in [6, 6.07) is 20.9. The van der Waals surface area contributed by atoms with Crippen LogP contribution in [0.2, 0.25) is 0 Å². The van der Waals surface area contributed by atoms with Gasteiger partial charge in [0.2, 0.25) is 0 Å². The van der Waals surface area contributed by atoms with Crippen LogP contribution in [0, 0.1) is 0 Å². The number of halogens is 3. The number of hydrogen-bond donors (Lipinski definition) is 1. The van der Waals surface area contributed by atoms with Crippen molar-refractivity contribution in [3.8, 4) is 0 Å². The molecule has 178 valence electrons. The number of nitrogens with one attached hydrogen (secondary N) is 1. The first-order valence-corrected chi connectivity index (χ1v) is 12.0. The molecule has 0 fully saturated rings. The first kappa shape index (κ1) is 24.6. The van der Waals surface area contributed by atoms with Crippen molar-refractivity contribution >= 4 is 39.9 Å². The lowest BCUT2D eigenvalue weighted by Crippen LogP contribution is -2.00. The Balaban J connectivity index is 1.89. The summed E-state index contributed by atoms with van der Waals surface area (Å²) < 4.78 is 39.1. The molecule has 1 aromatic heterocycles. The van der Waals surface area contributed by atoms with Crippen molar-refractivity contribution in [2.45, 2.75) is 30.7 Å². The minimum Gasteiger partial charge on any atom is -0.278 e. The largest absolute Gasteiger partial charge is 0.446 e. The van der Waals surface area contributed by atoms with E-state index in [1.54, 1.807) is 18.3 Å². The molecule has 0 aliphatic carbocycles. The number of nitrogens with zero attached hydrogens (tertiary/aromatic N) is 1. The topological polar surface area (TPSA) is 28.7 Å². The molecule has 0 saturated carbocycles. The van der Waals surface area contributed by atoms with Gasteiger partial charge in [-0.3, -0.25) is 5.10 Å². The van der Waals surface area contributed by atoms with Crippen molar-refractivity contribution in [2.24, 2.45) is 0 Å². The number of thioether (sulfide) groups is 1. The Morgan fingerprint density at radius 3 is 2.43 bits per heavy atom. The summed E-state index contributed by atoms with van der Waals surface area (Å²) >= 11 is -0.0908. The van der Waals surface area contributed by atoms with E-state index in [1.807, 2.05) is 56.3 Å². The number of allylic oxidation sites excluding steroid dienone is 3. The number of hydrogen-bond acceptors (Lipinski definition) is 2. The summed E-state index contributed by atoms with van der Waals surface area (Å²) in [4.78, 5) is 0.172. The van der Waals surface area contributed by atoms with E-state index in [0.29, 0.717) is 6.42 Å². The first-order valence-electron chi connectivity index (χ1n) is 11.2. The van der Waals surface area contributed by atoms with Gasteiger partial charge >= 0.3 is 5.51 Å². The third-order valence-corrected chi connectivity index (χ3v) is 6.28. The van der Waals surface area contributed by atoms with Gasteiger partial charge in [-0.1, -0.05) is 73.7 Å². The summed E-state index contributed by atoms with van der Waals surface area (Å²) in [5.74, 6) is 0. The number of H-pyrrole nitrogens is 1. The monoisotopic (exact) mass is 490 g/mol. The molecule has 0 aliphatic rings. The molecule has 0 saturated heterocycles. The molecule has 3 aromatic carbocycles. The zero-order chi connectivity index (χ0) is 25.0. The summed E-state index contributed by atoms with van der Waals surface area (Å²) in [5.41, 5.74) is 3.31. The van der Waals surface area contributed by atoms with Gasteiger partial charge in [0.25, 0.3) is 0 Å². The van der Waals surface area contributed by atoms with Crippen molar-refractivity contribution in [3.05, 3.63) is 113 Å². The number of benzene rings is 3.